The third-order valence-electron chi connectivity index (χ3n) is 3.16. The largest absolute Gasteiger partial charge is 0.367 e. The lowest BCUT2D eigenvalue weighted by molar-refractivity contribution is -0.116. The minimum atomic E-state index is 0.124. The Bertz CT molecular complexity index is 426. The second-order valence-corrected chi connectivity index (χ2v) is 4.96. The van der Waals surface area contributed by atoms with Crippen LogP contribution in [0.1, 0.15) is 32.3 Å². The second kappa shape index (κ2) is 4.78. The number of nitrogens with one attached hydrogen (secondary N) is 1. The smallest absolute Gasteiger partial charge is 0.224 e. The fourth-order valence-electron chi connectivity index (χ4n) is 2.26. The molecule has 3 heteroatoms. The van der Waals surface area contributed by atoms with Crippen molar-refractivity contribution < 1.29 is 4.79 Å². The highest BCUT2D eigenvalue weighted by Crippen LogP contribution is 2.30. The number of rotatable bonds is 1. The molecule has 0 saturated carbocycles. The molecule has 0 bridgehead atoms. The van der Waals surface area contributed by atoms with E-state index in [2.05, 4.69) is 37.1 Å². The summed E-state index contributed by atoms with van der Waals surface area (Å²) in [4.78, 5) is 14.0. The highest BCUT2D eigenvalue weighted by atomic mass is 16.1. The van der Waals surface area contributed by atoms with Gasteiger partial charge in [0.25, 0.3) is 0 Å². The zero-order chi connectivity index (χ0) is 12.4. The summed E-state index contributed by atoms with van der Waals surface area (Å²) in [7, 11) is 0. The highest BCUT2D eigenvalue weighted by Gasteiger charge is 2.19. The first-order valence-corrected chi connectivity index (χ1v) is 6.25. The topological polar surface area (TPSA) is 32.3 Å². The first-order valence-electron chi connectivity index (χ1n) is 6.25. The molecule has 0 aliphatic carbocycles. The van der Waals surface area contributed by atoms with Gasteiger partial charge in [-0.3, -0.25) is 4.79 Å². The summed E-state index contributed by atoms with van der Waals surface area (Å²) < 4.78 is 0. The summed E-state index contributed by atoms with van der Waals surface area (Å²) in [6.45, 7) is 7.41. The Morgan fingerprint density at radius 2 is 2.12 bits per heavy atom. The van der Waals surface area contributed by atoms with Crippen molar-refractivity contribution in [2.45, 2.75) is 39.7 Å². The molecule has 0 radical (unpaired) electrons. The Hall–Kier alpha value is -1.51. The molecule has 0 fully saturated rings. The van der Waals surface area contributed by atoms with Gasteiger partial charge in [0.1, 0.15) is 0 Å². The molecule has 0 atom stereocenters. The zero-order valence-electron chi connectivity index (χ0n) is 10.8. The molecule has 1 aromatic carbocycles. The third-order valence-corrected chi connectivity index (χ3v) is 3.16. The lowest BCUT2D eigenvalue weighted by atomic mass is 10.1. The van der Waals surface area contributed by atoms with Gasteiger partial charge in [0, 0.05) is 19.0 Å². The second-order valence-electron chi connectivity index (χ2n) is 4.96. The van der Waals surface area contributed by atoms with E-state index in [-0.39, 0.29) is 5.91 Å². The van der Waals surface area contributed by atoms with Gasteiger partial charge in [0.05, 0.1) is 11.4 Å². The third kappa shape index (κ3) is 2.60. The molecule has 0 saturated heterocycles. The first-order chi connectivity index (χ1) is 8.08. The molecule has 1 aliphatic heterocycles. The average molecular weight is 232 g/mol. The van der Waals surface area contributed by atoms with E-state index < -0.39 is 0 Å². The molecule has 92 valence electrons. The van der Waals surface area contributed by atoms with E-state index >= 15 is 0 Å². The Kier molecular flexibility index (Phi) is 3.36. The lowest BCUT2D eigenvalue weighted by Crippen LogP contribution is -2.34. The number of fused-ring (bicyclic) bond motifs is 1. The molecule has 1 aliphatic rings. The molecule has 2 rings (SSSR count). The van der Waals surface area contributed by atoms with E-state index in [0.29, 0.717) is 12.5 Å². The van der Waals surface area contributed by atoms with Gasteiger partial charge in [-0.05, 0) is 44.9 Å². The molecule has 0 aromatic heterocycles. The standard InChI is InChI=1S/C14H20N2O/c1-10(2)16-8-4-5-14(17)15-12-7-6-11(3)9-13(12)16/h6-7,9-10H,4-5,8H2,1-3H3,(H,15,17). The van der Waals surface area contributed by atoms with Crippen molar-refractivity contribution in [1.82, 2.24) is 0 Å². The van der Waals surface area contributed by atoms with Crippen LogP contribution in [0.2, 0.25) is 0 Å². The predicted molar refractivity (Wildman–Crippen MR) is 71.5 cm³/mol. The van der Waals surface area contributed by atoms with Crippen LogP contribution in [0.25, 0.3) is 0 Å². The average Bonchev–Trinajstić information content (AvgIpc) is 2.24. The van der Waals surface area contributed by atoms with Crippen molar-refractivity contribution in [2.24, 2.45) is 0 Å². The fourth-order valence-corrected chi connectivity index (χ4v) is 2.26. The lowest BCUT2D eigenvalue weighted by Gasteiger charge is -2.32. The fraction of sp³-hybridized carbons (Fsp3) is 0.500. The van der Waals surface area contributed by atoms with E-state index in [1.807, 2.05) is 12.1 Å². The SMILES string of the molecule is Cc1ccc2c(c1)N(C(C)C)CCCC(=O)N2. The number of benzene rings is 1. The van der Waals surface area contributed by atoms with Crippen molar-refractivity contribution >= 4 is 17.3 Å². The van der Waals surface area contributed by atoms with Gasteiger partial charge < -0.3 is 10.2 Å². The van der Waals surface area contributed by atoms with Crippen molar-refractivity contribution in [3.05, 3.63) is 23.8 Å². The maximum absolute atomic E-state index is 11.6. The summed E-state index contributed by atoms with van der Waals surface area (Å²) in [5.41, 5.74) is 3.31. The summed E-state index contributed by atoms with van der Waals surface area (Å²) in [6.07, 6.45) is 1.52. The van der Waals surface area contributed by atoms with E-state index in [1.165, 1.54) is 5.56 Å². The van der Waals surface area contributed by atoms with Crippen molar-refractivity contribution in [1.29, 1.82) is 0 Å². The van der Waals surface area contributed by atoms with Crippen LogP contribution in [0, 0.1) is 6.92 Å². The number of hydrogen-bond donors (Lipinski definition) is 1. The van der Waals surface area contributed by atoms with Crippen LogP contribution < -0.4 is 10.2 Å². The molecule has 1 heterocycles. The number of carbonyl (C=O) groups is 1. The maximum atomic E-state index is 11.6. The highest BCUT2D eigenvalue weighted by molar-refractivity contribution is 5.95. The summed E-state index contributed by atoms with van der Waals surface area (Å²) in [5.74, 6) is 0.124. The molecule has 17 heavy (non-hydrogen) atoms. The molecule has 0 unspecified atom stereocenters. The maximum Gasteiger partial charge on any atom is 0.224 e. The van der Waals surface area contributed by atoms with Crippen LogP contribution in [0.4, 0.5) is 11.4 Å². The van der Waals surface area contributed by atoms with Crippen LogP contribution in [0.5, 0.6) is 0 Å². The van der Waals surface area contributed by atoms with Crippen LogP contribution in [-0.2, 0) is 4.79 Å². The monoisotopic (exact) mass is 232 g/mol. The van der Waals surface area contributed by atoms with E-state index in [0.717, 1.165) is 24.3 Å². The number of carbonyl (C=O) groups excluding carboxylic acids is 1. The molecule has 1 aromatic rings. The first kappa shape index (κ1) is 12.0. The van der Waals surface area contributed by atoms with Crippen LogP contribution in [0.3, 0.4) is 0 Å². The Labute approximate surface area is 103 Å². The number of anilines is 2. The Balaban J connectivity index is 2.44. The van der Waals surface area contributed by atoms with Crippen LogP contribution >= 0.6 is 0 Å². The number of amides is 1. The predicted octanol–water partition coefficient (Wildman–Crippen LogP) is 2.94. The number of aryl methyl sites for hydroxylation is 1. The van der Waals surface area contributed by atoms with E-state index in [1.54, 1.807) is 0 Å². The van der Waals surface area contributed by atoms with E-state index in [4.69, 9.17) is 0 Å². The van der Waals surface area contributed by atoms with Gasteiger partial charge in [-0.25, -0.2) is 0 Å². The summed E-state index contributed by atoms with van der Waals surface area (Å²) in [6, 6.07) is 6.65. The Morgan fingerprint density at radius 3 is 2.82 bits per heavy atom. The molecular weight excluding hydrogens is 212 g/mol. The minimum absolute atomic E-state index is 0.124. The van der Waals surface area contributed by atoms with E-state index in [9.17, 15) is 4.79 Å². The molecule has 3 nitrogen and oxygen atoms in total. The molecular formula is C14H20N2O. The van der Waals surface area contributed by atoms with Crippen LogP contribution in [0.15, 0.2) is 18.2 Å². The van der Waals surface area contributed by atoms with Crippen molar-refractivity contribution in [3.63, 3.8) is 0 Å². The van der Waals surface area contributed by atoms with Crippen molar-refractivity contribution in [3.8, 4) is 0 Å². The normalized spacial score (nSPS) is 16.2. The van der Waals surface area contributed by atoms with Crippen molar-refractivity contribution in [2.75, 3.05) is 16.8 Å². The van der Waals surface area contributed by atoms with Gasteiger partial charge in [-0.2, -0.15) is 0 Å². The Morgan fingerprint density at radius 1 is 1.35 bits per heavy atom. The van der Waals surface area contributed by atoms with Crippen LogP contribution in [-0.4, -0.2) is 18.5 Å². The number of nitrogens with zero attached hydrogens (tertiary/aromatic N) is 1. The summed E-state index contributed by atoms with van der Waals surface area (Å²) >= 11 is 0. The van der Waals surface area contributed by atoms with Gasteiger partial charge in [-0.1, -0.05) is 6.07 Å². The van der Waals surface area contributed by atoms with Gasteiger partial charge >= 0.3 is 0 Å². The number of hydrogen-bond acceptors (Lipinski definition) is 2. The van der Waals surface area contributed by atoms with Gasteiger partial charge in [-0.15, -0.1) is 0 Å². The minimum Gasteiger partial charge on any atom is -0.367 e. The van der Waals surface area contributed by atoms with Gasteiger partial charge in [0.2, 0.25) is 5.91 Å². The molecule has 0 spiro atoms. The summed E-state index contributed by atoms with van der Waals surface area (Å²) in [5, 5.41) is 2.99. The zero-order valence-corrected chi connectivity index (χ0v) is 10.8. The molecule has 1 N–H and O–H groups in total. The van der Waals surface area contributed by atoms with Gasteiger partial charge in [0.15, 0.2) is 0 Å². The molecule has 1 amide bonds. The quantitative estimate of drug-likeness (QED) is 0.807.